The minimum Gasteiger partial charge on any atom is -0.502 e. The summed E-state index contributed by atoms with van der Waals surface area (Å²) in [6, 6.07) is 3.25. The van der Waals surface area contributed by atoms with E-state index in [1.165, 1.54) is 14.2 Å². The van der Waals surface area contributed by atoms with Gasteiger partial charge in [-0.25, -0.2) is 0 Å². The molecule has 0 atom stereocenters. The zero-order valence-electron chi connectivity index (χ0n) is 10.0. The Balaban J connectivity index is 3.29. The monoisotopic (exact) mass is 237 g/mol. The van der Waals surface area contributed by atoms with E-state index >= 15 is 0 Å². The molecule has 0 fully saturated rings. The van der Waals surface area contributed by atoms with E-state index in [0.29, 0.717) is 22.9 Å². The lowest BCUT2D eigenvalue weighted by molar-refractivity contribution is 0.340. The van der Waals surface area contributed by atoms with E-state index in [9.17, 15) is 5.11 Å². The Bertz CT molecular complexity index is 419. The molecule has 0 aliphatic heterocycles. The van der Waals surface area contributed by atoms with Gasteiger partial charge in [0.2, 0.25) is 5.75 Å². The number of nitrogens with zero attached hydrogens (tertiary/aromatic N) is 2. The Kier molecular flexibility index (Phi) is 4.33. The third kappa shape index (κ3) is 2.66. The minimum atomic E-state index is -0.0548. The molecule has 0 heterocycles. The number of phenols is 1. The standard InChI is InChI=1S/C11H15N3O3/c1-12-11(14-13-2)7-5-8(16-3)10(15)9(6-7)17-4/h5-6,15H,2H2,1,3-4H3,(H,12,14). The second kappa shape index (κ2) is 5.74. The van der Waals surface area contributed by atoms with Gasteiger partial charge in [-0.1, -0.05) is 0 Å². The normalized spacial score (nSPS) is 10.9. The molecule has 0 radical (unpaired) electrons. The van der Waals surface area contributed by atoms with Crippen molar-refractivity contribution in [3.05, 3.63) is 17.7 Å². The first-order chi connectivity index (χ1) is 8.17. The van der Waals surface area contributed by atoms with Crippen LogP contribution in [0.4, 0.5) is 0 Å². The second-order valence-electron chi connectivity index (χ2n) is 3.07. The molecular weight excluding hydrogens is 222 g/mol. The van der Waals surface area contributed by atoms with Crippen molar-refractivity contribution in [1.29, 1.82) is 0 Å². The molecule has 0 aliphatic carbocycles. The fraction of sp³-hybridized carbons (Fsp3) is 0.273. The molecule has 0 spiro atoms. The second-order valence-corrected chi connectivity index (χ2v) is 3.07. The van der Waals surface area contributed by atoms with Crippen LogP contribution in [0.2, 0.25) is 0 Å². The van der Waals surface area contributed by atoms with Gasteiger partial charge in [-0.05, 0) is 12.1 Å². The summed E-state index contributed by atoms with van der Waals surface area (Å²) in [4.78, 5) is 4.01. The van der Waals surface area contributed by atoms with Crippen LogP contribution in [0.15, 0.2) is 22.2 Å². The van der Waals surface area contributed by atoms with Crippen molar-refractivity contribution in [3.63, 3.8) is 0 Å². The lowest BCUT2D eigenvalue weighted by atomic mass is 10.1. The first-order valence-corrected chi connectivity index (χ1v) is 4.81. The molecule has 1 rings (SSSR count). The maximum Gasteiger partial charge on any atom is 0.200 e. The van der Waals surface area contributed by atoms with Gasteiger partial charge in [-0.2, -0.15) is 5.10 Å². The van der Waals surface area contributed by atoms with Gasteiger partial charge in [0.25, 0.3) is 0 Å². The van der Waals surface area contributed by atoms with Crippen LogP contribution in [0.1, 0.15) is 5.56 Å². The van der Waals surface area contributed by atoms with E-state index in [1.54, 1.807) is 19.2 Å². The summed E-state index contributed by atoms with van der Waals surface area (Å²) < 4.78 is 10.1. The highest BCUT2D eigenvalue weighted by atomic mass is 16.5. The quantitative estimate of drug-likeness (QED) is 0.465. The summed E-state index contributed by atoms with van der Waals surface area (Å²) in [6.45, 7) is 3.32. The van der Waals surface area contributed by atoms with Gasteiger partial charge in [0.15, 0.2) is 11.5 Å². The zero-order chi connectivity index (χ0) is 12.8. The Morgan fingerprint density at radius 2 is 1.82 bits per heavy atom. The predicted octanol–water partition coefficient (Wildman–Crippen LogP) is 0.991. The van der Waals surface area contributed by atoms with E-state index in [-0.39, 0.29) is 5.75 Å². The number of benzene rings is 1. The van der Waals surface area contributed by atoms with Crippen molar-refractivity contribution in [1.82, 2.24) is 5.43 Å². The van der Waals surface area contributed by atoms with Crippen LogP contribution < -0.4 is 14.9 Å². The molecule has 0 bridgehead atoms. The fourth-order valence-electron chi connectivity index (χ4n) is 1.35. The summed E-state index contributed by atoms with van der Waals surface area (Å²) >= 11 is 0. The van der Waals surface area contributed by atoms with Crippen molar-refractivity contribution in [2.75, 3.05) is 21.3 Å². The van der Waals surface area contributed by atoms with Gasteiger partial charge in [-0.15, -0.1) is 0 Å². The van der Waals surface area contributed by atoms with Crippen LogP contribution >= 0.6 is 0 Å². The number of methoxy groups -OCH3 is 2. The minimum absolute atomic E-state index is 0.0548. The highest BCUT2D eigenvalue weighted by Crippen LogP contribution is 2.37. The average Bonchev–Trinajstić information content (AvgIpc) is 2.36. The van der Waals surface area contributed by atoms with Gasteiger partial charge in [0, 0.05) is 19.3 Å². The van der Waals surface area contributed by atoms with Crippen molar-refractivity contribution < 1.29 is 14.6 Å². The van der Waals surface area contributed by atoms with Crippen molar-refractivity contribution in [2.24, 2.45) is 10.1 Å². The Labute approximate surface area is 99.6 Å². The molecule has 0 aromatic heterocycles. The van der Waals surface area contributed by atoms with Crippen LogP contribution in [0.5, 0.6) is 17.2 Å². The summed E-state index contributed by atoms with van der Waals surface area (Å²) in [6.07, 6.45) is 0. The van der Waals surface area contributed by atoms with E-state index in [0.717, 1.165) is 0 Å². The SMILES string of the molecule is C=NNC(=NC)c1cc(OC)c(O)c(OC)c1. The molecule has 6 nitrogen and oxygen atoms in total. The van der Waals surface area contributed by atoms with Crippen LogP contribution in [-0.2, 0) is 0 Å². The molecule has 0 saturated carbocycles. The molecule has 2 N–H and O–H groups in total. The first-order valence-electron chi connectivity index (χ1n) is 4.81. The summed E-state index contributed by atoms with van der Waals surface area (Å²) in [5.41, 5.74) is 3.31. The van der Waals surface area contributed by atoms with E-state index in [1.807, 2.05) is 0 Å². The Hall–Kier alpha value is -2.24. The van der Waals surface area contributed by atoms with Gasteiger partial charge >= 0.3 is 0 Å². The number of nitrogens with one attached hydrogen (secondary N) is 1. The summed E-state index contributed by atoms with van der Waals surface area (Å²) in [7, 11) is 4.53. The van der Waals surface area contributed by atoms with E-state index in [2.05, 4.69) is 22.2 Å². The Morgan fingerprint density at radius 3 is 2.18 bits per heavy atom. The molecule has 0 aliphatic rings. The lowest BCUT2D eigenvalue weighted by Gasteiger charge is -2.12. The van der Waals surface area contributed by atoms with Crippen LogP contribution in [-0.4, -0.2) is 38.9 Å². The average molecular weight is 237 g/mol. The molecule has 0 amide bonds. The number of hydrazone groups is 1. The van der Waals surface area contributed by atoms with Crippen molar-refractivity contribution >= 4 is 12.6 Å². The largest absolute Gasteiger partial charge is 0.502 e. The lowest BCUT2D eigenvalue weighted by Crippen LogP contribution is -2.18. The maximum absolute atomic E-state index is 9.75. The smallest absolute Gasteiger partial charge is 0.200 e. The number of rotatable bonds is 4. The van der Waals surface area contributed by atoms with Crippen LogP contribution in [0.3, 0.4) is 0 Å². The van der Waals surface area contributed by atoms with Crippen LogP contribution in [0.25, 0.3) is 0 Å². The molecule has 92 valence electrons. The highest BCUT2D eigenvalue weighted by molar-refractivity contribution is 5.99. The molecule has 6 heteroatoms. The van der Waals surface area contributed by atoms with Gasteiger partial charge < -0.3 is 14.6 Å². The maximum atomic E-state index is 9.75. The van der Waals surface area contributed by atoms with Crippen LogP contribution in [0, 0.1) is 0 Å². The molecule has 17 heavy (non-hydrogen) atoms. The molecular formula is C11H15N3O3. The number of ether oxygens (including phenoxy) is 2. The summed E-state index contributed by atoms with van der Waals surface area (Å²) in [5.74, 6) is 1.04. The topological polar surface area (TPSA) is 75.4 Å². The predicted molar refractivity (Wildman–Crippen MR) is 66.4 cm³/mol. The zero-order valence-corrected chi connectivity index (χ0v) is 10.0. The summed E-state index contributed by atoms with van der Waals surface area (Å²) in [5, 5.41) is 13.3. The molecule has 1 aromatic carbocycles. The number of aromatic hydroxyl groups is 1. The third-order valence-corrected chi connectivity index (χ3v) is 2.16. The highest BCUT2D eigenvalue weighted by Gasteiger charge is 2.13. The number of aliphatic imine (C=N–C) groups is 1. The molecule has 0 unspecified atom stereocenters. The Morgan fingerprint density at radius 1 is 1.29 bits per heavy atom. The van der Waals surface area contributed by atoms with Gasteiger partial charge in [0.05, 0.1) is 14.2 Å². The molecule has 1 aromatic rings. The number of amidine groups is 1. The van der Waals surface area contributed by atoms with Gasteiger partial charge in [0.1, 0.15) is 5.84 Å². The van der Waals surface area contributed by atoms with Crippen molar-refractivity contribution in [2.45, 2.75) is 0 Å². The van der Waals surface area contributed by atoms with Crippen molar-refractivity contribution in [3.8, 4) is 17.2 Å². The van der Waals surface area contributed by atoms with E-state index in [4.69, 9.17) is 9.47 Å². The third-order valence-electron chi connectivity index (χ3n) is 2.16. The molecule has 0 saturated heterocycles. The number of phenolic OH excluding ortho intramolecular Hbond substituents is 1. The first kappa shape index (κ1) is 12.8. The number of hydrogen-bond acceptors (Lipinski definition) is 5. The van der Waals surface area contributed by atoms with E-state index < -0.39 is 0 Å². The number of hydrogen-bond donors (Lipinski definition) is 2. The van der Waals surface area contributed by atoms with Gasteiger partial charge in [-0.3, -0.25) is 10.4 Å². The fourth-order valence-corrected chi connectivity index (χ4v) is 1.35.